The molecule has 10 aromatic carbocycles. The standard InChI is InChI=1S/C58H44N6O2.2C7H7.Zr/c1-35-29-45(55(65)53(31-35)63-49-25-13-9-21-41(49)42-22-10-14-26-50(42)63)37-17-5-7-19-39(37)47-33-61(3)57(59-47)58-60-48(34-62(58)4)40-20-8-6-18-38(40)46-30-36(2)32-54(56(46)66)64-51-27-15-11-23-43(51)44-24-12-16-28-52(44)64;2*1-7-5-3-2-4-6-7;/h5-34,65-66H,1-4H3;2*2-6H,1H2;/q;2*-1;+4/p-2. The predicted octanol–water partition coefficient (Wildman–Crippen LogP) is 16.2. The average Bonchev–Trinajstić information content (AvgIpc) is 4.32. The third kappa shape index (κ3) is 10.1. The topological polar surface area (TPSA) is 91.6 Å². The molecule has 0 fully saturated rings. The molecule has 14 aromatic rings. The molecule has 0 radical (unpaired) electrons. The Hall–Kier alpha value is -9.56. The molecule has 8 nitrogen and oxygen atoms in total. The van der Waals surface area contributed by atoms with Crippen molar-refractivity contribution in [1.82, 2.24) is 28.2 Å². The van der Waals surface area contributed by atoms with Crippen molar-refractivity contribution in [1.29, 1.82) is 0 Å². The molecule has 81 heavy (non-hydrogen) atoms. The maximum Gasteiger partial charge on any atom is 4.00 e. The van der Waals surface area contributed by atoms with Crippen molar-refractivity contribution in [3.05, 3.63) is 279 Å². The van der Waals surface area contributed by atoms with Gasteiger partial charge in [0, 0.05) is 70.5 Å². The summed E-state index contributed by atoms with van der Waals surface area (Å²) in [6, 6.07) is 76.7. The Kier molecular flexibility index (Phi) is 15.0. The minimum Gasteiger partial charge on any atom is -0.871 e. The minimum atomic E-state index is -0.0554. The number of fused-ring (bicyclic) bond motifs is 6. The van der Waals surface area contributed by atoms with Gasteiger partial charge in [0.05, 0.1) is 33.5 Å². The second-order valence-corrected chi connectivity index (χ2v) is 20.2. The molecular weight excluding hydrogens is 1070 g/mol. The van der Waals surface area contributed by atoms with E-state index in [0.29, 0.717) is 34.2 Å². The van der Waals surface area contributed by atoms with E-state index in [1.165, 1.54) is 0 Å². The molecule has 9 heteroatoms. The first-order valence-corrected chi connectivity index (χ1v) is 26.6. The van der Waals surface area contributed by atoms with Gasteiger partial charge < -0.3 is 28.5 Å². The number of nitrogens with zero attached hydrogens (tertiary/aromatic N) is 6. The van der Waals surface area contributed by atoms with Gasteiger partial charge in [-0.2, -0.15) is 49.2 Å². The molecule has 0 amide bonds. The minimum absolute atomic E-state index is 0. The summed E-state index contributed by atoms with van der Waals surface area (Å²) < 4.78 is 8.17. The van der Waals surface area contributed by atoms with Gasteiger partial charge in [0.1, 0.15) is 0 Å². The molecule has 0 atom stereocenters. The molecule has 0 aliphatic carbocycles. The summed E-state index contributed by atoms with van der Waals surface area (Å²) in [7, 11) is 3.94. The Morgan fingerprint density at radius 1 is 0.346 bits per heavy atom. The van der Waals surface area contributed by atoms with Crippen LogP contribution in [0.15, 0.2) is 243 Å². The molecular formula is C72H56N6O2Zr. The molecule has 0 saturated heterocycles. The molecule has 0 bridgehead atoms. The second kappa shape index (κ2) is 22.7. The molecule has 4 aromatic heterocycles. The first kappa shape index (κ1) is 53.4. The maximum absolute atomic E-state index is 14.8. The summed E-state index contributed by atoms with van der Waals surface area (Å²) in [5.74, 6) is 1.22. The van der Waals surface area contributed by atoms with Crippen molar-refractivity contribution in [2.45, 2.75) is 13.8 Å². The van der Waals surface area contributed by atoms with Crippen LogP contribution >= 0.6 is 0 Å². The molecule has 14 rings (SSSR count). The predicted molar refractivity (Wildman–Crippen MR) is 326 cm³/mol. The number of hydrogen-bond acceptors (Lipinski definition) is 4. The Bertz CT molecular complexity index is 4190. The van der Waals surface area contributed by atoms with Gasteiger partial charge in [0.15, 0.2) is 11.6 Å². The Balaban J connectivity index is 0.000000404. The van der Waals surface area contributed by atoms with E-state index in [1.807, 2.05) is 231 Å². The third-order valence-electron chi connectivity index (χ3n) is 14.7. The van der Waals surface area contributed by atoms with Crippen LogP contribution in [0.2, 0.25) is 0 Å². The van der Waals surface area contributed by atoms with E-state index in [1.54, 1.807) is 0 Å². The molecule has 0 saturated carbocycles. The summed E-state index contributed by atoms with van der Waals surface area (Å²) in [5, 5.41) is 34.1. The van der Waals surface area contributed by atoms with Crippen molar-refractivity contribution in [3.8, 4) is 79.3 Å². The number of para-hydroxylation sites is 4. The number of rotatable bonds is 7. The van der Waals surface area contributed by atoms with Crippen molar-refractivity contribution >= 4 is 43.6 Å². The number of imidazole rings is 2. The van der Waals surface area contributed by atoms with Crippen LogP contribution in [0.4, 0.5) is 0 Å². The molecule has 4 heterocycles. The van der Waals surface area contributed by atoms with Crippen LogP contribution in [0.25, 0.3) is 111 Å². The molecule has 0 spiro atoms. The van der Waals surface area contributed by atoms with Gasteiger partial charge in [0.2, 0.25) is 0 Å². The number of aryl methyl sites for hydroxylation is 4. The summed E-state index contributed by atoms with van der Waals surface area (Å²) in [6.07, 6.45) is 3.99. The fraction of sp³-hybridized carbons (Fsp3) is 0.0556. The smallest absolute Gasteiger partial charge is 0.871 e. The summed E-state index contributed by atoms with van der Waals surface area (Å²) in [4.78, 5) is 10.5. The van der Waals surface area contributed by atoms with Gasteiger partial charge >= 0.3 is 26.2 Å². The van der Waals surface area contributed by atoms with E-state index >= 15 is 0 Å². The van der Waals surface area contributed by atoms with E-state index in [4.69, 9.17) is 9.97 Å². The van der Waals surface area contributed by atoms with Crippen molar-refractivity contribution in [3.63, 3.8) is 0 Å². The van der Waals surface area contributed by atoms with Crippen LogP contribution in [-0.4, -0.2) is 28.2 Å². The zero-order valence-electron chi connectivity index (χ0n) is 45.5. The number of hydrogen-bond donors (Lipinski definition) is 0. The normalized spacial score (nSPS) is 11.1. The van der Waals surface area contributed by atoms with Gasteiger partial charge in [-0.25, -0.2) is 9.97 Å². The second-order valence-electron chi connectivity index (χ2n) is 20.2. The quantitative estimate of drug-likeness (QED) is 0.149. The van der Waals surface area contributed by atoms with Gasteiger partial charge in [-0.05, 0) is 83.6 Å². The van der Waals surface area contributed by atoms with E-state index in [9.17, 15) is 10.2 Å². The van der Waals surface area contributed by atoms with Gasteiger partial charge in [0.25, 0.3) is 0 Å². The maximum atomic E-state index is 14.8. The third-order valence-corrected chi connectivity index (χ3v) is 14.7. The van der Waals surface area contributed by atoms with Crippen LogP contribution < -0.4 is 10.2 Å². The molecule has 0 unspecified atom stereocenters. The monoisotopic (exact) mass is 1130 g/mol. The number of aromatic nitrogens is 6. The van der Waals surface area contributed by atoms with Crippen LogP contribution in [0.3, 0.4) is 0 Å². The zero-order valence-corrected chi connectivity index (χ0v) is 48.0. The molecule has 0 aliphatic heterocycles. The zero-order chi connectivity index (χ0) is 55.0. The Morgan fingerprint density at radius 2 is 0.630 bits per heavy atom. The summed E-state index contributed by atoms with van der Waals surface area (Å²) >= 11 is 0. The molecule has 390 valence electrons. The van der Waals surface area contributed by atoms with E-state index < -0.39 is 0 Å². The van der Waals surface area contributed by atoms with Crippen LogP contribution in [0.1, 0.15) is 22.3 Å². The first-order valence-electron chi connectivity index (χ1n) is 26.6. The van der Waals surface area contributed by atoms with Gasteiger partial charge in [-0.3, -0.25) is 0 Å². The SMILES string of the molecule is Cc1cc(-c2ccccc2-c2cn(C)c(-c3nc(-c4ccccc4-c4cc(C)cc(-n5c6ccccc6c6ccccc65)c4[O-])cn3C)n2)c([O-])c(-n2c3ccccc3c3ccccc32)c1.[CH2-]c1ccccc1.[CH2-]c1ccccc1.[Zr+4]. The average molecular weight is 1130 g/mol. The Labute approximate surface area is 491 Å². The Morgan fingerprint density at radius 3 is 0.938 bits per heavy atom. The fourth-order valence-electron chi connectivity index (χ4n) is 11.1. The largest absolute Gasteiger partial charge is 4.00 e. The van der Waals surface area contributed by atoms with Crippen molar-refractivity contribution in [2.75, 3.05) is 0 Å². The van der Waals surface area contributed by atoms with Crippen molar-refractivity contribution < 1.29 is 36.4 Å². The van der Waals surface area contributed by atoms with E-state index in [0.717, 1.165) is 99.5 Å². The first-order chi connectivity index (χ1) is 39.0. The van der Waals surface area contributed by atoms with Gasteiger partial charge in [-0.1, -0.05) is 157 Å². The fourth-order valence-corrected chi connectivity index (χ4v) is 11.1. The molecule has 0 aliphatic rings. The van der Waals surface area contributed by atoms with Crippen LogP contribution in [0.5, 0.6) is 11.5 Å². The number of benzene rings is 10. The van der Waals surface area contributed by atoms with Crippen LogP contribution in [0, 0.1) is 27.7 Å². The van der Waals surface area contributed by atoms with Crippen LogP contribution in [-0.2, 0) is 40.3 Å². The molecule has 0 N–H and O–H groups in total. The van der Waals surface area contributed by atoms with Crippen molar-refractivity contribution in [2.24, 2.45) is 14.1 Å². The summed E-state index contributed by atoms with van der Waals surface area (Å²) in [6.45, 7) is 11.5. The summed E-state index contributed by atoms with van der Waals surface area (Å²) in [5.41, 5.74) is 15.3. The van der Waals surface area contributed by atoms with Gasteiger partial charge in [-0.15, -0.1) is 24.3 Å². The van der Waals surface area contributed by atoms with E-state index in [2.05, 4.69) is 71.5 Å². The van der Waals surface area contributed by atoms with E-state index in [-0.39, 0.29) is 37.7 Å².